The number of imidazole rings is 1. The van der Waals surface area contributed by atoms with Crippen molar-refractivity contribution < 1.29 is 35.3 Å². The number of rotatable bonds is 6. The van der Waals surface area contributed by atoms with Crippen LogP contribution in [0.2, 0.25) is 0 Å². The molecule has 1 heterocycles. The highest BCUT2D eigenvalue weighted by molar-refractivity contribution is 7.91. The van der Waals surface area contributed by atoms with Crippen molar-refractivity contribution in [2.75, 3.05) is 6.26 Å². The molecule has 2 atom stereocenters. The van der Waals surface area contributed by atoms with Crippen LogP contribution in [-0.4, -0.2) is 42.0 Å². The largest absolute Gasteiger partial charge is 1.00 e. The maximum atomic E-state index is 11.4. The fraction of sp³-hybridized carbons (Fsp3) is 0.636. The van der Waals surface area contributed by atoms with Gasteiger partial charge in [0.05, 0.1) is 18.4 Å². The Morgan fingerprint density at radius 3 is 2.65 bits per heavy atom. The number of nitrogens with zero attached hydrogens (tertiary/aromatic N) is 3. The molecule has 0 saturated carbocycles. The minimum atomic E-state index is -3.13. The number of ether oxygens (including phenoxy) is 1. The summed E-state index contributed by atoms with van der Waals surface area (Å²) in [7, 11) is -1.33. The predicted octanol–water partition coefficient (Wildman–Crippen LogP) is -3.08. The number of aryl methyl sites for hydroxylation is 1. The molecule has 1 rings (SSSR count). The van der Waals surface area contributed by atoms with Gasteiger partial charge in [-0.25, -0.2) is 17.6 Å². The molecule has 9 heteroatoms. The third-order valence-corrected chi connectivity index (χ3v) is 4.85. The van der Waals surface area contributed by atoms with E-state index in [1.807, 2.05) is 0 Å². The van der Waals surface area contributed by atoms with E-state index in [1.54, 1.807) is 42.4 Å². The van der Waals surface area contributed by atoms with Gasteiger partial charge in [-0.3, -0.25) is 0 Å². The SMILES string of the molecule is CC(OCn1cc[n+](C)c1/C=N/O)C(C)S(C)(=O)=O.[Cl-]. The fourth-order valence-corrected chi connectivity index (χ4v) is 2.32. The Morgan fingerprint density at radius 2 is 2.15 bits per heavy atom. The van der Waals surface area contributed by atoms with Gasteiger partial charge < -0.3 is 22.4 Å². The van der Waals surface area contributed by atoms with Crippen LogP contribution in [0.25, 0.3) is 0 Å². The van der Waals surface area contributed by atoms with Gasteiger partial charge in [0.1, 0.15) is 12.4 Å². The molecule has 0 fully saturated rings. The van der Waals surface area contributed by atoms with E-state index in [0.717, 1.165) is 0 Å². The van der Waals surface area contributed by atoms with E-state index >= 15 is 0 Å². The fourth-order valence-electron chi connectivity index (χ4n) is 1.54. The van der Waals surface area contributed by atoms with Gasteiger partial charge in [0.2, 0.25) is 0 Å². The average Bonchev–Trinajstić information content (AvgIpc) is 2.66. The Labute approximate surface area is 125 Å². The summed E-state index contributed by atoms with van der Waals surface area (Å²) in [6, 6.07) is 0. The van der Waals surface area contributed by atoms with Gasteiger partial charge in [0, 0.05) is 6.26 Å². The van der Waals surface area contributed by atoms with Crippen LogP contribution in [0, 0.1) is 0 Å². The van der Waals surface area contributed by atoms with Crippen LogP contribution in [0.4, 0.5) is 0 Å². The van der Waals surface area contributed by atoms with Crippen molar-refractivity contribution in [3.05, 3.63) is 18.2 Å². The van der Waals surface area contributed by atoms with Crippen molar-refractivity contribution in [2.45, 2.75) is 31.9 Å². The molecule has 0 aliphatic heterocycles. The second-order valence-corrected chi connectivity index (χ2v) is 6.92. The van der Waals surface area contributed by atoms with E-state index in [-0.39, 0.29) is 19.1 Å². The predicted molar refractivity (Wildman–Crippen MR) is 69.8 cm³/mol. The minimum Gasteiger partial charge on any atom is -1.00 e. The first kappa shape index (κ1) is 18.9. The quantitative estimate of drug-likeness (QED) is 0.260. The van der Waals surface area contributed by atoms with Gasteiger partial charge in [0.15, 0.2) is 22.8 Å². The molecule has 0 saturated heterocycles. The molecule has 1 N–H and O–H groups in total. The van der Waals surface area contributed by atoms with Crippen LogP contribution in [0.5, 0.6) is 0 Å². The number of halogens is 1. The Morgan fingerprint density at radius 1 is 1.55 bits per heavy atom. The van der Waals surface area contributed by atoms with Crippen molar-refractivity contribution in [1.29, 1.82) is 0 Å². The first-order valence-electron chi connectivity index (χ1n) is 5.80. The van der Waals surface area contributed by atoms with Crippen molar-refractivity contribution in [3.63, 3.8) is 0 Å². The molecule has 1 aromatic rings. The first-order valence-corrected chi connectivity index (χ1v) is 7.75. The van der Waals surface area contributed by atoms with Crippen LogP contribution in [0.15, 0.2) is 17.5 Å². The lowest BCUT2D eigenvalue weighted by Crippen LogP contribution is -3.00. The molecule has 0 amide bonds. The lowest BCUT2D eigenvalue weighted by atomic mass is 10.3. The molecule has 1 aromatic heterocycles. The summed E-state index contributed by atoms with van der Waals surface area (Å²) in [4.78, 5) is 0. The number of sulfone groups is 1. The maximum Gasteiger partial charge on any atom is 0.305 e. The van der Waals surface area contributed by atoms with E-state index in [9.17, 15) is 8.42 Å². The van der Waals surface area contributed by atoms with Crippen LogP contribution in [0.3, 0.4) is 0 Å². The van der Waals surface area contributed by atoms with Crippen LogP contribution >= 0.6 is 0 Å². The van der Waals surface area contributed by atoms with E-state index in [2.05, 4.69) is 5.16 Å². The summed E-state index contributed by atoms with van der Waals surface area (Å²) in [5.74, 6) is 0.640. The van der Waals surface area contributed by atoms with E-state index in [0.29, 0.717) is 5.82 Å². The molecule has 0 spiro atoms. The van der Waals surface area contributed by atoms with Gasteiger partial charge in [-0.05, 0) is 13.8 Å². The Hall–Kier alpha value is -1.12. The summed E-state index contributed by atoms with van der Waals surface area (Å²) in [5.41, 5.74) is 0. The molecule has 20 heavy (non-hydrogen) atoms. The maximum absolute atomic E-state index is 11.4. The first-order chi connectivity index (χ1) is 8.77. The van der Waals surface area contributed by atoms with E-state index in [4.69, 9.17) is 9.94 Å². The molecule has 0 radical (unpaired) electrons. The summed E-state index contributed by atoms with van der Waals surface area (Å²) >= 11 is 0. The summed E-state index contributed by atoms with van der Waals surface area (Å²) in [6.45, 7) is 3.52. The lowest BCUT2D eigenvalue weighted by Gasteiger charge is -2.17. The zero-order valence-corrected chi connectivity index (χ0v) is 13.5. The molecular weight excluding hydrogens is 306 g/mol. The Bertz CT molecular complexity index is 556. The lowest BCUT2D eigenvalue weighted by molar-refractivity contribution is -0.672. The van der Waals surface area contributed by atoms with Crippen LogP contribution in [-0.2, 0) is 28.4 Å². The number of aromatic nitrogens is 2. The Balaban J connectivity index is 0.00000361. The van der Waals surface area contributed by atoms with Gasteiger partial charge in [-0.2, -0.15) is 0 Å². The number of hydrogen-bond acceptors (Lipinski definition) is 5. The highest BCUT2D eigenvalue weighted by atomic mass is 35.5. The smallest absolute Gasteiger partial charge is 0.305 e. The zero-order chi connectivity index (χ0) is 14.6. The van der Waals surface area contributed by atoms with Crippen molar-refractivity contribution >= 4 is 16.1 Å². The van der Waals surface area contributed by atoms with Crippen molar-refractivity contribution in [1.82, 2.24) is 4.57 Å². The second kappa shape index (κ2) is 7.61. The number of hydrogen-bond donors (Lipinski definition) is 1. The molecular formula is C11H20ClN3O4S. The topological polar surface area (TPSA) is 84.8 Å². The molecule has 0 bridgehead atoms. The van der Waals surface area contributed by atoms with Gasteiger partial charge in [-0.15, -0.1) is 0 Å². The molecule has 2 unspecified atom stereocenters. The van der Waals surface area contributed by atoms with Crippen molar-refractivity contribution in [3.8, 4) is 0 Å². The van der Waals surface area contributed by atoms with E-state index < -0.39 is 21.2 Å². The van der Waals surface area contributed by atoms with Crippen molar-refractivity contribution in [2.24, 2.45) is 12.2 Å². The highest BCUT2D eigenvalue weighted by Crippen LogP contribution is 2.09. The standard InChI is InChI=1S/C11H19N3O4S.ClH/c1-9(10(2)19(4,16)17)18-8-14-6-5-13(3)11(14)7-12-15;/h5-7,9-10H,8H2,1-4H3;1H. The summed E-state index contributed by atoms with van der Waals surface area (Å²) in [6.07, 6.45) is 5.59. The Kier molecular flexibility index (Phi) is 7.18. The average molecular weight is 326 g/mol. The molecule has 0 aliphatic carbocycles. The second-order valence-electron chi connectivity index (χ2n) is 4.52. The zero-order valence-electron chi connectivity index (χ0n) is 11.9. The van der Waals surface area contributed by atoms with Gasteiger partial charge in [0.25, 0.3) is 0 Å². The van der Waals surface area contributed by atoms with Crippen LogP contribution in [0.1, 0.15) is 19.7 Å². The molecule has 116 valence electrons. The summed E-state index contributed by atoms with van der Waals surface area (Å²) < 4.78 is 31.8. The molecule has 0 aromatic carbocycles. The van der Waals surface area contributed by atoms with Gasteiger partial charge in [-0.1, -0.05) is 5.16 Å². The number of oxime groups is 1. The van der Waals surface area contributed by atoms with E-state index in [1.165, 1.54) is 12.5 Å². The normalized spacial score (nSPS) is 15.0. The molecule has 7 nitrogen and oxygen atoms in total. The summed E-state index contributed by atoms with van der Waals surface area (Å²) in [5, 5.41) is 11.0. The third-order valence-electron chi connectivity index (χ3n) is 3.11. The minimum absolute atomic E-state index is 0. The monoisotopic (exact) mass is 325 g/mol. The van der Waals surface area contributed by atoms with Crippen LogP contribution < -0.4 is 17.0 Å². The third kappa shape index (κ3) is 4.77. The molecule has 0 aliphatic rings. The van der Waals surface area contributed by atoms with Gasteiger partial charge >= 0.3 is 5.82 Å². The highest BCUT2D eigenvalue weighted by Gasteiger charge is 2.24.